The third-order valence-electron chi connectivity index (χ3n) is 4.42. The number of nitrogens with zero attached hydrogens (tertiary/aromatic N) is 1. The predicted octanol–water partition coefficient (Wildman–Crippen LogP) is 4.10. The molecule has 104 valence electrons. The molecule has 2 nitrogen and oxygen atoms in total. The van der Waals surface area contributed by atoms with Crippen LogP contribution < -0.4 is 0 Å². The number of fused-ring (bicyclic) bond motifs is 1. The van der Waals surface area contributed by atoms with Crippen molar-refractivity contribution in [2.24, 2.45) is 5.41 Å². The maximum Gasteiger partial charge on any atom is 0.254 e. The average molecular weight is 267 g/mol. The highest BCUT2D eigenvalue weighted by molar-refractivity contribution is 6.07. The molecule has 1 amide bonds. The van der Waals surface area contributed by atoms with Crippen molar-refractivity contribution in [1.82, 2.24) is 4.90 Å². The lowest BCUT2D eigenvalue weighted by Gasteiger charge is -2.37. The summed E-state index contributed by atoms with van der Waals surface area (Å²) in [5.41, 5.74) is 1.21. The Labute approximate surface area is 120 Å². The largest absolute Gasteiger partial charge is 0.339 e. The van der Waals surface area contributed by atoms with E-state index in [1.165, 1.54) is 0 Å². The first-order chi connectivity index (χ1) is 9.57. The van der Waals surface area contributed by atoms with E-state index in [9.17, 15) is 4.79 Å². The Morgan fingerprint density at radius 1 is 1.00 bits per heavy atom. The van der Waals surface area contributed by atoms with Crippen molar-refractivity contribution < 1.29 is 4.79 Å². The summed E-state index contributed by atoms with van der Waals surface area (Å²) in [6.45, 7) is 6.31. The van der Waals surface area contributed by atoms with E-state index in [4.69, 9.17) is 0 Å². The summed E-state index contributed by atoms with van der Waals surface area (Å²) in [7, 11) is 0. The molecular weight excluding hydrogens is 246 g/mol. The SMILES string of the molecule is CC1(C)CCN(C(=O)c2cccc3ccccc23)CC1. The zero-order valence-corrected chi connectivity index (χ0v) is 12.2. The topological polar surface area (TPSA) is 20.3 Å². The quantitative estimate of drug-likeness (QED) is 0.761. The van der Waals surface area contributed by atoms with E-state index < -0.39 is 0 Å². The molecule has 20 heavy (non-hydrogen) atoms. The molecule has 1 fully saturated rings. The number of hydrogen-bond acceptors (Lipinski definition) is 1. The fourth-order valence-electron chi connectivity index (χ4n) is 2.90. The fourth-order valence-corrected chi connectivity index (χ4v) is 2.90. The van der Waals surface area contributed by atoms with Crippen LogP contribution in [0.1, 0.15) is 37.0 Å². The van der Waals surface area contributed by atoms with E-state index >= 15 is 0 Å². The van der Waals surface area contributed by atoms with Crippen LogP contribution in [0.25, 0.3) is 10.8 Å². The molecule has 2 heteroatoms. The van der Waals surface area contributed by atoms with Gasteiger partial charge in [-0.25, -0.2) is 0 Å². The molecular formula is C18H21NO. The minimum atomic E-state index is 0.178. The number of piperidine rings is 1. The van der Waals surface area contributed by atoms with E-state index in [2.05, 4.69) is 26.0 Å². The Kier molecular flexibility index (Phi) is 3.25. The smallest absolute Gasteiger partial charge is 0.254 e. The summed E-state index contributed by atoms with van der Waals surface area (Å²) in [6.07, 6.45) is 2.17. The second kappa shape index (κ2) is 4.93. The Bertz CT molecular complexity index is 629. The normalized spacial score (nSPS) is 18.2. The van der Waals surface area contributed by atoms with Gasteiger partial charge in [-0.3, -0.25) is 4.79 Å². The number of amides is 1. The summed E-state index contributed by atoms with van der Waals surface area (Å²) in [5, 5.41) is 2.19. The Morgan fingerprint density at radius 3 is 2.40 bits per heavy atom. The van der Waals surface area contributed by atoms with Crippen molar-refractivity contribution in [2.75, 3.05) is 13.1 Å². The molecule has 0 unspecified atom stereocenters. The average Bonchev–Trinajstić information content (AvgIpc) is 2.46. The number of rotatable bonds is 1. The predicted molar refractivity (Wildman–Crippen MR) is 82.9 cm³/mol. The van der Waals surface area contributed by atoms with Crippen LogP contribution >= 0.6 is 0 Å². The zero-order valence-electron chi connectivity index (χ0n) is 12.2. The van der Waals surface area contributed by atoms with Crippen LogP contribution in [0.2, 0.25) is 0 Å². The standard InChI is InChI=1S/C18H21NO/c1-18(2)10-12-19(13-11-18)17(20)16-9-5-7-14-6-3-4-8-15(14)16/h3-9H,10-13H2,1-2H3. The number of likely N-dealkylation sites (tertiary alicyclic amines) is 1. The van der Waals surface area contributed by atoms with Gasteiger partial charge in [0.15, 0.2) is 0 Å². The van der Waals surface area contributed by atoms with Gasteiger partial charge in [-0.1, -0.05) is 50.2 Å². The lowest BCUT2D eigenvalue weighted by atomic mass is 9.82. The van der Waals surface area contributed by atoms with Gasteiger partial charge in [-0.15, -0.1) is 0 Å². The van der Waals surface area contributed by atoms with Gasteiger partial charge in [0.25, 0.3) is 5.91 Å². The van der Waals surface area contributed by atoms with Crippen molar-refractivity contribution in [3.63, 3.8) is 0 Å². The molecule has 3 rings (SSSR count). The molecule has 0 bridgehead atoms. The van der Waals surface area contributed by atoms with Gasteiger partial charge in [0.05, 0.1) is 0 Å². The van der Waals surface area contributed by atoms with Crippen LogP contribution in [-0.4, -0.2) is 23.9 Å². The zero-order chi connectivity index (χ0) is 14.2. The number of carbonyl (C=O) groups is 1. The highest BCUT2D eigenvalue weighted by Gasteiger charge is 2.28. The Morgan fingerprint density at radius 2 is 1.65 bits per heavy atom. The molecule has 0 N–H and O–H groups in total. The highest BCUT2D eigenvalue weighted by Crippen LogP contribution is 2.31. The minimum absolute atomic E-state index is 0.178. The molecule has 0 spiro atoms. The van der Waals surface area contributed by atoms with Gasteiger partial charge in [-0.2, -0.15) is 0 Å². The molecule has 0 aliphatic carbocycles. The summed E-state index contributed by atoms with van der Waals surface area (Å²) in [4.78, 5) is 14.8. The van der Waals surface area contributed by atoms with Gasteiger partial charge in [0, 0.05) is 18.7 Å². The second-order valence-electron chi connectivity index (χ2n) is 6.48. The maximum absolute atomic E-state index is 12.8. The first-order valence-corrected chi connectivity index (χ1v) is 7.34. The van der Waals surface area contributed by atoms with Crippen LogP contribution in [0.5, 0.6) is 0 Å². The van der Waals surface area contributed by atoms with E-state index in [-0.39, 0.29) is 5.91 Å². The summed E-state index contributed by atoms with van der Waals surface area (Å²) in [6, 6.07) is 14.1. The van der Waals surface area contributed by atoms with Crippen molar-refractivity contribution >= 4 is 16.7 Å². The van der Waals surface area contributed by atoms with E-state index in [0.29, 0.717) is 5.41 Å². The first kappa shape index (κ1) is 13.2. The third kappa shape index (κ3) is 2.43. The lowest BCUT2D eigenvalue weighted by molar-refractivity contribution is 0.0632. The minimum Gasteiger partial charge on any atom is -0.339 e. The van der Waals surface area contributed by atoms with E-state index in [1.54, 1.807) is 0 Å². The molecule has 0 radical (unpaired) electrons. The molecule has 0 atom stereocenters. The number of hydrogen-bond donors (Lipinski definition) is 0. The molecule has 2 aromatic rings. The van der Waals surface area contributed by atoms with Gasteiger partial charge in [0.1, 0.15) is 0 Å². The molecule has 1 aliphatic heterocycles. The van der Waals surface area contributed by atoms with Crippen molar-refractivity contribution in [2.45, 2.75) is 26.7 Å². The van der Waals surface area contributed by atoms with Crippen molar-refractivity contribution in [3.05, 3.63) is 48.0 Å². The van der Waals surface area contributed by atoms with Gasteiger partial charge in [-0.05, 0) is 35.1 Å². The van der Waals surface area contributed by atoms with E-state index in [1.807, 2.05) is 35.2 Å². The number of carbonyl (C=O) groups excluding carboxylic acids is 1. The van der Waals surface area contributed by atoms with Crippen LogP contribution in [0, 0.1) is 5.41 Å². The molecule has 1 heterocycles. The first-order valence-electron chi connectivity index (χ1n) is 7.34. The van der Waals surface area contributed by atoms with Gasteiger partial charge >= 0.3 is 0 Å². The number of benzene rings is 2. The highest BCUT2D eigenvalue weighted by atomic mass is 16.2. The fraction of sp³-hybridized carbons (Fsp3) is 0.389. The molecule has 1 saturated heterocycles. The van der Waals surface area contributed by atoms with Crippen LogP contribution in [0.4, 0.5) is 0 Å². The lowest BCUT2D eigenvalue weighted by Crippen LogP contribution is -2.41. The second-order valence-corrected chi connectivity index (χ2v) is 6.48. The molecule has 2 aromatic carbocycles. The van der Waals surface area contributed by atoms with Crippen LogP contribution in [-0.2, 0) is 0 Å². The van der Waals surface area contributed by atoms with Crippen LogP contribution in [0.15, 0.2) is 42.5 Å². The van der Waals surface area contributed by atoms with Crippen molar-refractivity contribution in [3.8, 4) is 0 Å². The summed E-state index contributed by atoms with van der Waals surface area (Å²) >= 11 is 0. The summed E-state index contributed by atoms with van der Waals surface area (Å²) < 4.78 is 0. The summed E-state index contributed by atoms with van der Waals surface area (Å²) in [5.74, 6) is 0.178. The van der Waals surface area contributed by atoms with Gasteiger partial charge < -0.3 is 4.90 Å². The third-order valence-corrected chi connectivity index (χ3v) is 4.42. The Hall–Kier alpha value is -1.83. The Balaban J connectivity index is 1.90. The van der Waals surface area contributed by atoms with E-state index in [0.717, 1.165) is 42.3 Å². The maximum atomic E-state index is 12.8. The molecule has 0 saturated carbocycles. The molecule has 1 aliphatic rings. The monoisotopic (exact) mass is 267 g/mol. The van der Waals surface area contributed by atoms with Gasteiger partial charge in [0.2, 0.25) is 0 Å². The molecule has 0 aromatic heterocycles. The van der Waals surface area contributed by atoms with Crippen molar-refractivity contribution in [1.29, 1.82) is 0 Å². The van der Waals surface area contributed by atoms with Crippen LogP contribution in [0.3, 0.4) is 0 Å².